The van der Waals surface area contributed by atoms with Crippen molar-refractivity contribution in [3.8, 4) is 5.75 Å². The fourth-order valence-electron chi connectivity index (χ4n) is 2.17. The Kier molecular flexibility index (Phi) is 6.39. The molecule has 0 aliphatic rings. The fraction of sp³-hybridized carbons (Fsp3) is 0.188. The minimum atomic E-state index is -4.46. The highest BCUT2D eigenvalue weighted by molar-refractivity contribution is 8.54. The van der Waals surface area contributed by atoms with E-state index in [4.69, 9.17) is 10.4 Å². The topological polar surface area (TPSA) is 84.9 Å². The predicted molar refractivity (Wildman–Crippen MR) is 96.3 cm³/mol. The lowest BCUT2D eigenvalue weighted by molar-refractivity contribution is -0.137. The van der Waals surface area contributed by atoms with Crippen molar-refractivity contribution in [2.24, 2.45) is 10.9 Å². The molecule has 10 heteroatoms. The largest absolute Gasteiger partial charge is 0.437 e. The van der Waals surface area contributed by atoms with Gasteiger partial charge in [0.15, 0.2) is 0 Å². The number of halogens is 3. The second kappa shape index (κ2) is 8.16. The van der Waals surface area contributed by atoms with E-state index in [0.29, 0.717) is 16.9 Å². The van der Waals surface area contributed by atoms with Crippen molar-refractivity contribution in [1.82, 2.24) is 0 Å². The van der Waals surface area contributed by atoms with Gasteiger partial charge in [0.25, 0.3) is 0 Å². The highest BCUT2D eigenvalue weighted by Gasteiger charge is 2.30. The SMILES string of the molecule is CCSP(=O)(O)Oc1ccccc1/C(=N\N)c1ccc(C(F)(F)F)cc1. The van der Waals surface area contributed by atoms with Crippen molar-refractivity contribution in [2.75, 3.05) is 5.75 Å². The van der Waals surface area contributed by atoms with Gasteiger partial charge >= 0.3 is 13.0 Å². The molecule has 140 valence electrons. The van der Waals surface area contributed by atoms with Gasteiger partial charge in [-0.25, -0.2) is 4.57 Å². The lowest BCUT2D eigenvalue weighted by Gasteiger charge is -2.16. The Morgan fingerprint density at radius 1 is 1.23 bits per heavy atom. The zero-order valence-electron chi connectivity index (χ0n) is 13.6. The first kappa shape index (κ1) is 20.4. The number of hydrazone groups is 1. The molecule has 3 N–H and O–H groups in total. The van der Waals surface area contributed by atoms with Crippen LogP contribution < -0.4 is 10.4 Å². The second-order valence-corrected chi connectivity index (χ2v) is 9.14. The van der Waals surface area contributed by atoms with Gasteiger partial charge in [0.1, 0.15) is 11.5 Å². The molecule has 0 aliphatic heterocycles. The molecule has 0 radical (unpaired) electrons. The molecule has 0 spiro atoms. The molecule has 26 heavy (non-hydrogen) atoms. The van der Waals surface area contributed by atoms with Crippen molar-refractivity contribution >= 4 is 23.9 Å². The molecule has 0 amide bonds. The van der Waals surface area contributed by atoms with Gasteiger partial charge in [-0.05, 0) is 35.6 Å². The van der Waals surface area contributed by atoms with E-state index in [2.05, 4.69) is 5.10 Å². The molecule has 0 bridgehead atoms. The minimum Gasteiger partial charge on any atom is -0.416 e. The van der Waals surface area contributed by atoms with Crippen molar-refractivity contribution in [3.05, 3.63) is 65.2 Å². The lowest BCUT2D eigenvalue weighted by Crippen LogP contribution is -2.10. The van der Waals surface area contributed by atoms with E-state index in [9.17, 15) is 22.6 Å². The Balaban J connectivity index is 2.41. The van der Waals surface area contributed by atoms with Crippen LogP contribution in [0.4, 0.5) is 13.2 Å². The van der Waals surface area contributed by atoms with Crippen LogP contribution in [0.5, 0.6) is 5.75 Å². The van der Waals surface area contributed by atoms with E-state index in [1.54, 1.807) is 25.1 Å². The molecule has 0 aliphatic carbocycles. The molecular formula is C16H16F3N2O3PS. The summed E-state index contributed by atoms with van der Waals surface area (Å²) >= 11 is 0.750. The summed E-state index contributed by atoms with van der Waals surface area (Å²) in [5, 5.41) is 3.63. The van der Waals surface area contributed by atoms with Crippen LogP contribution in [-0.2, 0) is 10.7 Å². The Hall–Kier alpha value is -1.96. The predicted octanol–water partition coefficient (Wildman–Crippen LogP) is 4.65. The second-order valence-electron chi connectivity index (χ2n) is 5.03. The third-order valence-corrected chi connectivity index (χ3v) is 6.25. The first-order valence-corrected chi connectivity index (χ1v) is 10.6. The maximum absolute atomic E-state index is 12.7. The van der Waals surface area contributed by atoms with Crippen LogP contribution in [0.3, 0.4) is 0 Å². The fourth-order valence-corrected chi connectivity index (χ4v) is 4.34. The maximum Gasteiger partial charge on any atom is 0.437 e. The molecule has 0 fully saturated rings. The van der Waals surface area contributed by atoms with Gasteiger partial charge in [-0.3, -0.25) is 0 Å². The van der Waals surface area contributed by atoms with E-state index in [1.165, 1.54) is 18.2 Å². The summed E-state index contributed by atoms with van der Waals surface area (Å²) in [5.74, 6) is 5.85. The Bertz CT molecular complexity index is 841. The van der Waals surface area contributed by atoms with E-state index < -0.39 is 18.5 Å². The maximum atomic E-state index is 12.7. The normalized spacial score (nSPS) is 14.7. The van der Waals surface area contributed by atoms with Crippen LogP contribution in [0, 0.1) is 0 Å². The van der Waals surface area contributed by atoms with Crippen molar-refractivity contribution in [1.29, 1.82) is 0 Å². The summed E-state index contributed by atoms with van der Waals surface area (Å²) < 4.78 is 55.4. The van der Waals surface area contributed by atoms with Gasteiger partial charge in [0.05, 0.1) is 5.56 Å². The molecule has 2 aromatic carbocycles. The summed E-state index contributed by atoms with van der Waals surface area (Å²) in [6, 6.07) is 10.5. The molecule has 0 aromatic heterocycles. The van der Waals surface area contributed by atoms with Crippen LogP contribution in [0.2, 0.25) is 0 Å². The van der Waals surface area contributed by atoms with Crippen molar-refractivity contribution in [3.63, 3.8) is 0 Å². The number of hydrogen-bond acceptors (Lipinski definition) is 5. The molecule has 0 heterocycles. The summed E-state index contributed by atoms with van der Waals surface area (Å²) in [7, 11) is 0. The summed E-state index contributed by atoms with van der Waals surface area (Å²) in [4.78, 5) is 9.84. The van der Waals surface area contributed by atoms with E-state index in [0.717, 1.165) is 23.5 Å². The van der Waals surface area contributed by atoms with Gasteiger partial charge in [0, 0.05) is 16.9 Å². The summed E-state index contributed by atoms with van der Waals surface area (Å²) in [5.41, 5.74) is -0.0645. The van der Waals surface area contributed by atoms with Gasteiger partial charge in [0.2, 0.25) is 0 Å². The van der Waals surface area contributed by atoms with E-state index in [1.807, 2.05) is 0 Å². The number of nitrogens with two attached hydrogens (primary N) is 1. The quantitative estimate of drug-likeness (QED) is 0.317. The highest BCUT2D eigenvalue weighted by atomic mass is 32.7. The number of rotatable bonds is 6. The molecule has 2 aromatic rings. The standard InChI is InChI=1S/C16H16F3N2O3PS/c1-2-26-25(22,23)24-14-6-4-3-5-13(14)15(21-20)11-7-9-12(10-8-11)16(17,18)19/h3-10H,2,20H2,1H3,(H,22,23)/b21-15-. The summed E-state index contributed by atoms with van der Waals surface area (Å²) in [6.07, 6.45) is -4.46. The van der Waals surface area contributed by atoms with Gasteiger partial charge < -0.3 is 15.3 Å². The smallest absolute Gasteiger partial charge is 0.416 e. The third-order valence-electron chi connectivity index (χ3n) is 3.26. The first-order chi connectivity index (χ1) is 12.2. The van der Waals surface area contributed by atoms with Crippen LogP contribution in [0.1, 0.15) is 23.6 Å². The number of benzene rings is 2. The summed E-state index contributed by atoms with van der Waals surface area (Å²) in [6.45, 7) is -2.23. The third kappa shape index (κ3) is 5.03. The molecule has 2 rings (SSSR count). The first-order valence-electron chi connectivity index (χ1n) is 7.40. The highest BCUT2D eigenvalue weighted by Crippen LogP contribution is 2.55. The van der Waals surface area contributed by atoms with Crippen molar-refractivity contribution < 1.29 is 27.2 Å². The Morgan fingerprint density at radius 3 is 2.38 bits per heavy atom. The Labute approximate surface area is 152 Å². The van der Waals surface area contributed by atoms with Gasteiger partial charge in [-0.1, -0.05) is 31.2 Å². The minimum absolute atomic E-state index is 0.0587. The lowest BCUT2D eigenvalue weighted by atomic mass is 10.0. The van der Waals surface area contributed by atoms with Crippen LogP contribution in [-0.4, -0.2) is 16.4 Å². The monoisotopic (exact) mass is 404 g/mol. The average Bonchev–Trinajstić information content (AvgIpc) is 2.56. The van der Waals surface area contributed by atoms with Crippen LogP contribution in [0.25, 0.3) is 0 Å². The molecule has 5 nitrogen and oxygen atoms in total. The number of para-hydroxylation sites is 1. The Morgan fingerprint density at radius 2 is 1.85 bits per heavy atom. The van der Waals surface area contributed by atoms with Crippen LogP contribution in [0.15, 0.2) is 53.6 Å². The molecule has 0 saturated heterocycles. The average molecular weight is 404 g/mol. The number of nitrogens with zero attached hydrogens (tertiary/aromatic N) is 1. The zero-order valence-corrected chi connectivity index (χ0v) is 15.3. The molecule has 1 unspecified atom stereocenters. The van der Waals surface area contributed by atoms with Gasteiger partial charge in [-0.15, -0.1) is 0 Å². The van der Waals surface area contributed by atoms with Crippen molar-refractivity contribution in [2.45, 2.75) is 13.1 Å². The molecule has 0 saturated carbocycles. The van der Waals surface area contributed by atoms with Crippen LogP contribution >= 0.6 is 18.2 Å². The molecule has 1 atom stereocenters. The van der Waals surface area contributed by atoms with E-state index >= 15 is 0 Å². The zero-order chi connectivity index (χ0) is 19.4. The molecular weight excluding hydrogens is 388 g/mol. The van der Waals surface area contributed by atoms with E-state index in [-0.39, 0.29) is 11.5 Å². The number of hydrogen-bond donors (Lipinski definition) is 2. The number of alkyl halides is 3. The van der Waals surface area contributed by atoms with Gasteiger partial charge in [-0.2, -0.15) is 18.3 Å².